The van der Waals surface area contributed by atoms with Gasteiger partial charge in [-0.15, -0.1) is 0 Å². The zero-order chi connectivity index (χ0) is 14.0. The fourth-order valence-electron chi connectivity index (χ4n) is 2.71. The van der Waals surface area contributed by atoms with Gasteiger partial charge in [0.05, 0.1) is 6.42 Å². The Morgan fingerprint density at radius 2 is 2.11 bits per heavy atom. The molecule has 1 aliphatic rings. The van der Waals surface area contributed by atoms with Crippen molar-refractivity contribution in [3.05, 3.63) is 34.9 Å². The lowest BCUT2D eigenvalue weighted by Crippen LogP contribution is -2.32. The minimum absolute atomic E-state index is 0.228. The first-order valence-electron chi connectivity index (χ1n) is 7.03. The smallest absolute Gasteiger partial charge is 0.304 e. The molecule has 0 amide bonds. The van der Waals surface area contributed by atoms with Crippen LogP contribution in [-0.4, -0.2) is 28.6 Å². The highest BCUT2D eigenvalue weighted by Gasteiger charge is 2.33. The molecule has 104 valence electrons. The molecule has 0 saturated heterocycles. The van der Waals surface area contributed by atoms with Crippen LogP contribution >= 0.6 is 0 Å². The van der Waals surface area contributed by atoms with E-state index in [0.29, 0.717) is 18.6 Å². The Bertz CT molecular complexity index is 466. The number of aryl methyl sites for hydroxylation is 2. The normalized spacial score (nSPS) is 16.6. The van der Waals surface area contributed by atoms with Gasteiger partial charge in [0.2, 0.25) is 0 Å². The van der Waals surface area contributed by atoms with Crippen LogP contribution in [0.25, 0.3) is 0 Å². The predicted octanol–water partition coefficient (Wildman–Crippen LogP) is 3.30. The lowest BCUT2D eigenvalue weighted by Gasteiger charge is -2.30. The topological polar surface area (TPSA) is 40.5 Å². The van der Waals surface area contributed by atoms with E-state index in [1.54, 1.807) is 0 Å². The molecule has 1 N–H and O–H groups in total. The summed E-state index contributed by atoms with van der Waals surface area (Å²) in [6.07, 6.45) is 2.63. The Kier molecular flexibility index (Phi) is 4.25. The molecule has 1 fully saturated rings. The van der Waals surface area contributed by atoms with Gasteiger partial charge < -0.3 is 5.11 Å². The molecule has 0 spiro atoms. The maximum atomic E-state index is 10.8. The molecule has 3 heteroatoms. The first-order valence-corrected chi connectivity index (χ1v) is 7.03. The molecule has 0 radical (unpaired) electrons. The fraction of sp³-hybridized carbons (Fsp3) is 0.562. The van der Waals surface area contributed by atoms with Gasteiger partial charge in [0.15, 0.2) is 0 Å². The monoisotopic (exact) mass is 261 g/mol. The van der Waals surface area contributed by atoms with Crippen LogP contribution < -0.4 is 0 Å². The van der Waals surface area contributed by atoms with Crippen molar-refractivity contribution in [3.63, 3.8) is 0 Å². The largest absolute Gasteiger partial charge is 0.481 e. The Morgan fingerprint density at radius 1 is 1.42 bits per heavy atom. The number of benzene rings is 1. The van der Waals surface area contributed by atoms with E-state index in [9.17, 15) is 4.79 Å². The second kappa shape index (κ2) is 5.74. The summed E-state index contributed by atoms with van der Waals surface area (Å²) in [5.74, 6) is -0.709. The number of rotatable bonds is 6. The second-order valence-electron chi connectivity index (χ2n) is 5.65. The van der Waals surface area contributed by atoms with Crippen molar-refractivity contribution in [2.45, 2.75) is 52.1 Å². The lowest BCUT2D eigenvalue weighted by molar-refractivity contribution is -0.137. The van der Waals surface area contributed by atoms with Crippen molar-refractivity contribution in [1.82, 2.24) is 4.90 Å². The number of carboxylic acids is 1. The fourth-order valence-corrected chi connectivity index (χ4v) is 2.71. The summed E-state index contributed by atoms with van der Waals surface area (Å²) in [5, 5.41) is 8.89. The summed E-state index contributed by atoms with van der Waals surface area (Å²) in [5.41, 5.74) is 3.89. The third kappa shape index (κ3) is 3.57. The minimum Gasteiger partial charge on any atom is -0.481 e. The van der Waals surface area contributed by atoms with Gasteiger partial charge in [-0.25, -0.2) is 0 Å². The summed E-state index contributed by atoms with van der Waals surface area (Å²) >= 11 is 0. The summed E-state index contributed by atoms with van der Waals surface area (Å²) < 4.78 is 0. The average molecular weight is 261 g/mol. The van der Waals surface area contributed by atoms with Gasteiger partial charge in [0.25, 0.3) is 0 Å². The van der Waals surface area contributed by atoms with E-state index in [-0.39, 0.29) is 6.42 Å². The van der Waals surface area contributed by atoms with E-state index < -0.39 is 5.97 Å². The zero-order valence-corrected chi connectivity index (χ0v) is 12.0. The minimum atomic E-state index is -0.709. The van der Waals surface area contributed by atoms with Gasteiger partial charge in [0.1, 0.15) is 0 Å². The molecule has 0 aromatic heterocycles. The van der Waals surface area contributed by atoms with Crippen LogP contribution in [0.1, 0.15) is 48.9 Å². The molecule has 0 bridgehead atoms. The Hall–Kier alpha value is -1.35. The standard InChI is InChI=1S/C16H23NO2/c1-11-4-5-12(2)15(10-11)13(3)17(14-6-7-14)9-8-16(18)19/h4-5,10,13-14H,6-9H2,1-3H3,(H,18,19). The average Bonchev–Trinajstić information content (AvgIpc) is 3.16. The summed E-state index contributed by atoms with van der Waals surface area (Å²) in [4.78, 5) is 13.2. The van der Waals surface area contributed by atoms with Crippen LogP contribution in [0.3, 0.4) is 0 Å². The van der Waals surface area contributed by atoms with Gasteiger partial charge in [-0.05, 0) is 44.7 Å². The van der Waals surface area contributed by atoms with Gasteiger partial charge >= 0.3 is 5.97 Å². The number of hydrogen-bond acceptors (Lipinski definition) is 2. The van der Waals surface area contributed by atoms with E-state index in [2.05, 4.69) is 43.9 Å². The van der Waals surface area contributed by atoms with Crippen molar-refractivity contribution >= 4 is 5.97 Å². The van der Waals surface area contributed by atoms with Crippen LogP contribution in [0.15, 0.2) is 18.2 Å². The number of carboxylic acid groups (broad SMARTS) is 1. The van der Waals surface area contributed by atoms with Crippen molar-refractivity contribution in [1.29, 1.82) is 0 Å². The molecule has 1 aliphatic carbocycles. The van der Waals surface area contributed by atoms with E-state index in [1.807, 2.05) is 0 Å². The molecule has 2 rings (SSSR count). The lowest BCUT2D eigenvalue weighted by atomic mass is 9.98. The predicted molar refractivity (Wildman–Crippen MR) is 76.3 cm³/mol. The molecule has 1 unspecified atom stereocenters. The SMILES string of the molecule is Cc1ccc(C)c(C(C)N(CCC(=O)O)C2CC2)c1. The van der Waals surface area contributed by atoms with E-state index in [0.717, 1.165) is 0 Å². The second-order valence-corrected chi connectivity index (χ2v) is 5.65. The van der Waals surface area contributed by atoms with Crippen molar-refractivity contribution in [2.75, 3.05) is 6.54 Å². The zero-order valence-electron chi connectivity index (χ0n) is 12.0. The molecule has 19 heavy (non-hydrogen) atoms. The van der Waals surface area contributed by atoms with Gasteiger partial charge in [-0.1, -0.05) is 23.8 Å². The molecule has 3 nitrogen and oxygen atoms in total. The Balaban J connectivity index is 2.16. The molecule has 1 atom stereocenters. The third-order valence-electron chi connectivity index (χ3n) is 3.98. The highest BCUT2D eigenvalue weighted by atomic mass is 16.4. The van der Waals surface area contributed by atoms with Gasteiger partial charge in [-0.3, -0.25) is 9.69 Å². The Labute approximate surface area is 115 Å². The van der Waals surface area contributed by atoms with Crippen molar-refractivity contribution < 1.29 is 9.90 Å². The maximum absolute atomic E-state index is 10.8. The molecular formula is C16H23NO2. The molecule has 1 aromatic rings. The molecule has 1 saturated carbocycles. The number of aliphatic carboxylic acids is 1. The third-order valence-corrected chi connectivity index (χ3v) is 3.98. The number of hydrogen-bond donors (Lipinski definition) is 1. The van der Waals surface area contributed by atoms with Gasteiger partial charge in [0, 0.05) is 18.6 Å². The van der Waals surface area contributed by atoms with Crippen LogP contribution in [0.2, 0.25) is 0 Å². The maximum Gasteiger partial charge on any atom is 0.304 e. The number of carbonyl (C=O) groups is 1. The van der Waals surface area contributed by atoms with E-state index in [1.165, 1.54) is 29.5 Å². The molecular weight excluding hydrogens is 238 g/mol. The summed E-state index contributed by atoms with van der Waals surface area (Å²) in [6, 6.07) is 7.39. The quantitative estimate of drug-likeness (QED) is 0.854. The van der Waals surface area contributed by atoms with Crippen LogP contribution in [-0.2, 0) is 4.79 Å². The first kappa shape index (κ1) is 14.1. The molecule has 0 heterocycles. The highest BCUT2D eigenvalue weighted by molar-refractivity contribution is 5.66. The molecule has 1 aromatic carbocycles. The first-order chi connectivity index (χ1) is 8.99. The number of nitrogens with zero attached hydrogens (tertiary/aromatic N) is 1. The van der Waals surface area contributed by atoms with Crippen molar-refractivity contribution in [2.24, 2.45) is 0 Å². The highest BCUT2D eigenvalue weighted by Crippen LogP contribution is 2.35. The summed E-state index contributed by atoms with van der Waals surface area (Å²) in [7, 11) is 0. The summed E-state index contributed by atoms with van der Waals surface area (Å²) in [6.45, 7) is 7.08. The van der Waals surface area contributed by atoms with Crippen LogP contribution in [0.5, 0.6) is 0 Å². The van der Waals surface area contributed by atoms with Crippen molar-refractivity contribution in [3.8, 4) is 0 Å². The van der Waals surface area contributed by atoms with E-state index in [4.69, 9.17) is 5.11 Å². The van der Waals surface area contributed by atoms with Crippen LogP contribution in [0.4, 0.5) is 0 Å². The van der Waals surface area contributed by atoms with Crippen LogP contribution in [0, 0.1) is 13.8 Å². The van der Waals surface area contributed by atoms with Gasteiger partial charge in [-0.2, -0.15) is 0 Å². The van der Waals surface area contributed by atoms with E-state index >= 15 is 0 Å². The Morgan fingerprint density at radius 3 is 2.68 bits per heavy atom. The molecule has 0 aliphatic heterocycles.